The van der Waals surface area contributed by atoms with Crippen molar-refractivity contribution in [2.45, 2.75) is 45.6 Å². The van der Waals surface area contributed by atoms with Crippen molar-refractivity contribution in [2.24, 2.45) is 4.99 Å². The number of hydrogen-bond donors (Lipinski definition) is 1. The molecule has 0 aromatic heterocycles. The first-order chi connectivity index (χ1) is 14.3. The van der Waals surface area contributed by atoms with Crippen molar-refractivity contribution in [2.75, 3.05) is 11.4 Å². The van der Waals surface area contributed by atoms with Crippen LogP contribution in [0, 0.1) is 0 Å². The lowest BCUT2D eigenvalue weighted by atomic mass is 9.79. The van der Waals surface area contributed by atoms with E-state index in [0.29, 0.717) is 21.0 Å². The number of para-hydroxylation sites is 1. The number of amidine groups is 1. The van der Waals surface area contributed by atoms with E-state index in [9.17, 15) is 4.79 Å². The summed E-state index contributed by atoms with van der Waals surface area (Å²) >= 11 is 8.02. The molecular formula is C24H26ClN3OS. The number of benzene rings is 2. The standard InChI is InChI=1S/C24H26ClN3OS/c1-5-28-20-13-19(25)16(11-18(20)15(2)14-24(28,3)4)12-21-22(29)27-23(30-21)26-17-9-7-6-8-10-17/h6-13,15H,5,14H2,1-4H3,(H,26,27,29)/b21-12+. The molecule has 0 radical (unpaired) electrons. The van der Waals surface area contributed by atoms with E-state index in [1.807, 2.05) is 36.4 Å². The number of fused-ring (bicyclic) bond motifs is 1. The number of rotatable bonds is 3. The van der Waals surface area contributed by atoms with Gasteiger partial charge in [0.15, 0.2) is 5.17 Å². The Morgan fingerprint density at radius 3 is 2.73 bits per heavy atom. The maximum Gasteiger partial charge on any atom is 0.264 e. The maximum atomic E-state index is 12.5. The van der Waals surface area contributed by atoms with Crippen LogP contribution in [0.2, 0.25) is 5.02 Å². The van der Waals surface area contributed by atoms with Gasteiger partial charge in [0.2, 0.25) is 0 Å². The van der Waals surface area contributed by atoms with Crippen LogP contribution in [0.3, 0.4) is 0 Å². The van der Waals surface area contributed by atoms with Crippen molar-refractivity contribution in [3.05, 3.63) is 63.5 Å². The van der Waals surface area contributed by atoms with Crippen molar-refractivity contribution in [1.82, 2.24) is 5.32 Å². The molecule has 1 fully saturated rings. The minimum atomic E-state index is -0.146. The summed E-state index contributed by atoms with van der Waals surface area (Å²) in [6.07, 6.45) is 2.95. The van der Waals surface area contributed by atoms with Crippen LogP contribution in [0.4, 0.5) is 11.4 Å². The van der Waals surface area contributed by atoms with Gasteiger partial charge in [-0.05, 0) is 86.3 Å². The number of hydrogen-bond acceptors (Lipinski definition) is 4. The van der Waals surface area contributed by atoms with Crippen molar-refractivity contribution in [3.63, 3.8) is 0 Å². The molecule has 2 heterocycles. The molecule has 1 N–H and O–H groups in total. The second-order valence-corrected chi connectivity index (χ2v) is 9.85. The highest BCUT2D eigenvalue weighted by Crippen LogP contribution is 2.45. The van der Waals surface area contributed by atoms with Gasteiger partial charge in [-0.15, -0.1) is 0 Å². The number of carbonyl (C=O) groups excluding carboxylic acids is 1. The number of nitrogens with zero attached hydrogens (tertiary/aromatic N) is 2. The van der Waals surface area contributed by atoms with Crippen LogP contribution in [-0.4, -0.2) is 23.2 Å². The zero-order valence-corrected chi connectivity index (χ0v) is 19.3. The predicted octanol–water partition coefficient (Wildman–Crippen LogP) is 6.34. The van der Waals surface area contributed by atoms with Crippen LogP contribution >= 0.6 is 23.4 Å². The maximum absolute atomic E-state index is 12.5. The normalized spacial score (nSPS) is 23.0. The first kappa shape index (κ1) is 21.0. The minimum absolute atomic E-state index is 0.0917. The largest absolute Gasteiger partial charge is 0.366 e. The summed E-state index contributed by atoms with van der Waals surface area (Å²) in [6.45, 7) is 9.94. The molecule has 2 aliphatic rings. The Kier molecular flexibility index (Phi) is 5.69. The Balaban J connectivity index is 1.67. The molecule has 1 saturated heterocycles. The molecular weight excluding hydrogens is 414 g/mol. The van der Waals surface area contributed by atoms with Crippen LogP contribution in [-0.2, 0) is 4.79 Å². The van der Waals surface area contributed by atoms with Crippen LogP contribution in [0.25, 0.3) is 6.08 Å². The van der Waals surface area contributed by atoms with E-state index in [4.69, 9.17) is 11.6 Å². The highest BCUT2D eigenvalue weighted by atomic mass is 35.5. The van der Waals surface area contributed by atoms with Gasteiger partial charge >= 0.3 is 0 Å². The molecule has 4 nitrogen and oxygen atoms in total. The summed E-state index contributed by atoms with van der Waals surface area (Å²) < 4.78 is 0. The molecule has 1 amide bonds. The van der Waals surface area contributed by atoms with Crippen LogP contribution in [0.1, 0.15) is 51.2 Å². The van der Waals surface area contributed by atoms with Gasteiger partial charge in [0, 0.05) is 22.8 Å². The average molecular weight is 440 g/mol. The predicted molar refractivity (Wildman–Crippen MR) is 129 cm³/mol. The Morgan fingerprint density at radius 1 is 1.30 bits per heavy atom. The molecule has 6 heteroatoms. The quantitative estimate of drug-likeness (QED) is 0.567. The molecule has 0 bridgehead atoms. The van der Waals surface area contributed by atoms with Crippen molar-refractivity contribution >= 4 is 51.9 Å². The van der Waals surface area contributed by atoms with Gasteiger partial charge in [0.25, 0.3) is 5.91 Å². The summed E-state index contributed by atoms with van der Waals surface area (Å²) in [4.78, 5) is 20.0. The third kappa shape index (κ3) is 4.01. The number of aliphatic imine (C=N–C) groups is 1. The first-order valence-corrected chi connectivity index (χ1v) is 11.4. The highest BCUT2D eigenvalue weighted by Gasteiger charge is 2.36. The van der Waals surface area contributed by atoms with Gasteiger partial charge in [-0.1, -0.05) is 36.7 Å². The average Bonchev–Trinajstić information content (AvgIpc) is 3.02. The Morgan fingerprint density at radius 2 is 2.03 bits per heavy atom. The van der Waals surface area contributed by atoms with Gasteiger partial charge in [0.05, 0.1) is 10.6 Å². The summed E-state index contributed by atoms with van der Waals surface area (Å²) in [5.41, 5.74) is 4.26. The second-order valence-electron chi connectivity index (χ2n) is 8.41. The van der Waals surface area contributed by atoms with E-state index in [-0.39, 0.29) is 11.4 Å². The second kappa shape index (κ2) is 8.12. The lowest BCUT2D eigenvalue weighted by Crippen LogP contribution is -2.48. The number of anilines is 1. The van der Waals surface area contributed by atoms with Crippen LogP contribution in [0.5, 0.6) is 0 Å². The topological polar surface area (TPSA) is 44.7 Å². The Labute approximate surface area is 187 Å². The zero-order valence-electron chi connectivity index (χ0n) is 17.7. The summed E-state index contributed by atoms with van der Waals surface area (Å²) in [5, 5.41) is 4.09. The third-order valence-corrected chi connectivity index (χ3v) is 6.98. The fraction of sp³-hybridized carbons (Fsp3) is 0.333. The van der Waals surface area contributed by atoms with E-state index in [1.54, 1.807) is 0 Å². The van der Waals surface area contributed by atoms with E-state index in [1.165, 1.54) is 23.0 Å². The molecule has 0 spiro atoms. The fourth-order valence-electron chi connectivity index (χ4n) is 4.47. The molecule has 2 aliphatic heterocycles. The number of halogens is 1. The number of nitrogens with one attached hydrogen (secondary N) is 1. The van der Waals surface area contributed by atoms with Crippen molar-refractivity contribution < 1.29 is 4.79 Å². The molecule has 0 aliphatic carbocycles. The van der Waals surface area contributed by atoms with Gasteiger partial charge < -0.3 is 10.2 Å². The number of thioether (sulfide) groups is 1. The SMILES string of the molecule is CCN1c2cc(Cl)c(/C=C3/SC(=Nc4ccccc4)NC3=O)cc2C(C)CC1(C)C. The van der Waals surface area contributed by atoms with Crippen LogP contribution in [0.15, 0.2) is 52.4 Å². The molecule has 4 rings (SSSR count). The van der Waals surface area contributed by atoms with E-state index < -0.39 is 0 Å². The van der Waals surface area contributed by atoms with Crippen molar-refractivity contribution in [1.29, 1.82) is 0 Å². The molecule has 1 atom stereocenters. The van der Waals surface area contributed by atoms with E-state index >= 15 is 0 Å². The van der Waals surface area contributed by atoms with Gasteiger partial charge in [0.1, 0.15) is 0 Å². The molecule has 1 unspecified atom stereocenters. The number of carbonyl (C=O) groups is 1. The fourth-order valence-corrected chi connectivity index (χ4v) is 5.52. The smallest absolute Gasteiger partial charge is 0.264 e. The third-order valence-electron chi connectivity index (χ3n) is 5.74. The number of amides is 1. The molecule has 2 aromatic carbocycles. The van der Waals surface area contributed by atoms with E-state index in [2.05, 4.69) is 55.0 Å². The van der Waals surface area contributed by atoms with Gasteiger partial charge in [-0.3, -0.25) is 4.79 Å². The lowest BCUT2D eigenvalue weighted by Gasteiger charge is -2.47. The van der Waals surface area contributed by atoms with Gasteiger partial charge in [-0.2, -0.15) is 0 Å². The zero-order chi connectivity index (χ0) is 21.5. The highest BCUT2D eigenvalue weighted by molar-refractivity contribution is 8.18. The molecule has 2 aromatic rings. The molecule has 0 saturated carbocycles. The van der Waals surface area contributed by atoms with Crippen LogP contribution < -0.4 is 10.2 Å². The van der Waals surface area contributed by atoms with E-state index in [0.717, 1.165) is 24.2 Å². The molecule has 156 valence electrons. The summed E-state index contributed by atoms with van der Waals surface area (Å²) in [6, 6.07) is 13.8. The first-order valence-electron chi connectivity index (χ1n) is 10.2. The monoisotopic (exact) mass is 439 g/mol. The van der Waals surface area contributed by atoms with Crippen molar-refractivity contribution in [3.8, 4) is 0 Å². The summed E-state index contributed by atoms with van der Waals surface area (Å²) in [7, 11) is 0. The Bertz CT molecular complexity index is 1050. The summed E-state index contributed by atoms with van der Waals surface area (Å²) in [5.74, 6) is 0.278. The molecule has 30 heavy (non-hydrogen) atoms. The lowest BCUT2D eigenvalue weighted by molar-refractivity contribution is -0.115. The Hall–Kier alpha value is -2.24. The minimum Gasteiger partial charge on any atom is -0.366 e. The van der Waals surface area contributed by atoms with Gasteiger partial charge in [-0.25, -0.2) is 4.99 Å².